The van der Waals surface area contributed by atoms with Crippen molar-refractivity contribution in [1.29, 1.82) is 0 Å². The highest BCUT2D eigenvalue weighted by atomic mass is 19.1. The summed E-state index contributed by atoms with van der Waals surface area (Å²) in [5.41, 5.74) is 2.00. The van der Waals surface area contributed by atoms with Crippen molar-refractivity contribution >= 4 is 5.91 Å². The summed E-state index contributed by atoms with van der Waals surface area (Å²) in [6.45, 7) is 7.28. The Morgan fingerprint density at radius 2 is 1.80 bits per heavy atom. The zero-order chi connectivity index (χ0) is 21.6. The topological polar surface area (TPSA) is 77.2 Å². The van der Waals surface area contributed by atoms with Gasteiger partial charge in [-0.2, -0.15) is 4.98 Å². The minimum absolute atomic E-state index is 0.102. The van der Waals surface area contributed by atoms with Gasteiger partial charge in [0.2, 0.25) is 17.6 Å². The van der Waals surface area contributed by atoms with Gasteiger partial charge in [-0.05, 0) is 47.4 Å². The van der Waals surface area contributed by atoms with Crippen LogP contribution in [-0.4, -0.2) is 29.2 Å². The summed E-state index contributed by atoms with van der Waals surface area (Å²) >= 11 is 0. The molecular weight excluding hydrogens is 385 g/mol. The van der Waals surface area contributed by atoms with Crippen molar-refractivity contribution in [2.45, 2.75) is 39.0 Å². The Bertz CT molecular complexity index is 961. The van der Waals surface area contributed by atoms with Crippen molar-refractivity contribution in [3.8, 4) is 17.1 Å². The molecule has 0 aliphatic carbocycles. The van der Waals surface area contributed by atoms with E-state index >= 15 is 0 Å². The second kappa shape index (κ2) is 9.52. The maximum Gasteiger partial charge on any atom is 0.227 e. The maximum absolute atomic E-state index is 13.0. The summed E-state index contributed by atoms with van der Waals surface area (Å²) in [4.78, 5) is 16.2. The smallest absolute Gasteiger partial charge is 0.227 e. The van der Waals surface area contributed by atoms with E-state index in [2.05, 4.69) is 48.4 Å². The molecule has 0 saturated carbocycles. The zero-order valence-corrected chi connectivity index (χ0v) is 17.4. The van der Waals surface area contributed by atoms with Crippen molar-refractivity contribution in [2.24, 2.45) is 0 Å². The second-order valence-electron chi connectivity index (χ2n) is 7.99. The molecule has 30 heavy (non-hydrogen) atoms. The molecule has 2 aromatic carbocycles. The predicted molar refractivity (Wildman–Crippen MR) is 112 cm³/mol. The van der Waals surface area contributed by atoms with Crippen LogP contribution < -0.4 is 10.1 Å². The van der Waals surface area contributed by atoms with Gasteiger partial charge in [0.1, 0.15) is 18.2 Å². The van der Waals surface area contributed by atoms with Crippen LogP contribution >= 0.6 is 0 Å². The van der Waals surface area contributed by atoms with Crippen LogP contribution in [0.4, 0.5) is 4.39 Å². The first-order valence-corrected chi connectivity index (χ1v) is 9.90. The summed E-state index contributed by atoms with van der Waals surface area (Å²) < 4.78 is 23.8. The fourth-order valence-electron chi connectivity index (χ4n) is 2.79. The Labute approximate surface area is 175 Å². The van der Waals surface area contributed by atoms with E-state index < -0.39 is 0 Å². The number of carbonyl (C=O) groups excluding carboxylic acids is 1. The second-order valence-corrected chi connectivity index (χ2v) is 7.99. The number of ether oxygens (including phenoxy) is 1. The number of amides is 1. The summed E-state index contributed by atoms with van der Waals surface area (Å²) in [6, 6.07) is 13.8. The van der Waals surface area contributed by atoms with Gasteiger partial charge >= 0.3 is 0 Å². The number of aromatic nitrogens is 2. The molecule has 0 aliphatic heterocycles. The monoisotopic (exact) mass is 411 g/mol. The molecule has 0 spiro atoms. The lowest BCUT2D eigenvalue weighted by Gasteiger charge is -2.19. The van der Waals surface area contributed by atoms with Crippen LogP contribution in [0.5, 0.6) is 5.75 Å². The number of carbonyl (C=O) groups is 1. The number of rotatable bonds is 8. The molecule has 0 unspecified atom stereocenters. The molecule has 6 nitrogen and oxygen atoms in total. The predicted octanol–water partition coefficient (Wildman–Crippen LogP) is 4.30. The van der Waals surface area contributed by atoms with Crippen LogP contribution in [0.2, 0.25) is 0 Å². The standard InChI is InChI=1S/C23H26FN3O3/c1-23(2,3)17-6-10-19(11-7-17)29-15-14-25-20(28)12-13-21-26-22(27-30-21)16-4-8-18(24)9-5-16/h4-11H,12-15H2,1-3H3,(H,25,28). The van der Waals surface area contributed by atoms with Crippen LogP contribution in [0.15, 0.2) is 53.1 Å². The zero-order valence-electron chi connectivity index (χ0n) is 17.4. The van der Waals surface area contributed by atoms with Crippen LogP contribution in [0.25, 0.3) is 11.4 Å². The number of nitrogens with zero attached hydrogens (tertiary/aromatic N) is 2. The Hall–Kier alpha value is -3.22. The first kappa shape index (κ1) is 21.5. The molecule has 0 radical (unpaired) electrons. The molecule has 0 fully saturated rings. The van der Waals surface area contributed by atoms with E-state index in [9.17, 15) is 9.18 Å². The summed E-state index contributed by atoms with van der Waals surface area (Å²) in [5.74, 6) is 1.06. The first-order valence-electron chi connectivity index (χ1n) is 9.90. The van der Waals surface area contributed by atoms with Crippen LogP contribution in [0.3, 0.4) is 0 Å². The highest BCUT2D eigenvalue weighted by Gasteiger charge is 2.13. The molecule has 1 amide bonds. The Morgan fingerprint density at radius 1 is 1.10 bits per heavy atom. The molecule has 3 aromatic rings. The minimum atomic E-state index is -0.329. The lowest BCUT2D eigenvalue weighted by molar-refractivity contribution is -0.121. The largest absolute Gasteiger partial charge is 0.492 e. The quantitative estimate of drug-likeness (QED) is 0.559. The third-order valence-electron chi connectivity index (χ3n) is 4.55. The SMILES string of the molecule is CC(C)(C)c1ccc(OCCNC(=O)CCc2nc(-c3ccc(F)cc3)no2)cc1. The van der Waals surface area contributed by atoms with Crippen LogP contribution in [0, 0.1) is 5.82 Å². The molecule has 1 aromatic heterocycles. The normalized spacial score (nSPS) is 11.3. The third-order valence-corrected chi connectivity index (χ3v) is 4.55. The van der Waals surface area contributed by atoms with Crippen LogP contribution in [-0.2, 0) is 16.6 Å². The molecule has 0 bridgehead atoms. The van der Waals surface area contributed by atoms with Gasteiger partial charge in [0.15, 0.2) is 0 Å². The van der Waals surface area contributed by atoms with E-state index in [1.807, 2.05) is 12.1 Å². The Kier molecular flexibility index (Phi) is 6.82. The van der Waals surface area contributed by atoms with Gasteiger partial charge in [-0.1, -0.05) is 38.1 Å². The van der Waals surface area contributed by atoms with Gasteiger partial charge in [0.05, 0.1) is 6.54 Å². The molecule has 3 rings (SSSR count). The van der Waals surface area contributed by atoms with Gasteiger partial charge in [0, 0.05) is 18.4 Å². The van der Waals surface area contributed by atoms with Crippen molar-refractivity contribution in [3.05, 3.63) is 65.8 Å². The summed E-state index contributed by atoms with van der Waals surface area (Å²) in [6.07, 6.45) is 0.556. The fourth-order valence-corrected chi connectivity index (χ4v) is 2.79. The minimum Gasteiger partial charge on any atom is -0.492 e. The third kappa shape index (κ3) is 6.14. The molecule has 1 N–H and O–H groups in total. The Balaban J connectivity index is 1.37. The molecule has 0 aliphatic rings. The molecule has 0 atom stereocenters. The lowest BCUT2D eigenvalue weighted by Crippen LogP contribution is -2.28. The van der Waals surface area contributed by atoms with E-state index in [1.54, 1.807) is 12.1 Å². The van der Waals surface area contributed by atoms with E-state index in [0.717, 1.165) is 5.75 Å². The average molecular weight is 411 g/mol. The van der Waals surface area contributed by atoms with E-state index in [-0.39, 0.29) is 23.6 Å². The van der Waals surface area contributed by atoms with E-state index in [0.29, 0.717) is 36.9 Å². The number of hydrogen-bond donors (Lipinski definition) is 1. The number of nitrogens with one attached hydrogen (secondary N) is 1. The number of aryl methyl sites for hydroxylation is 1. The Morgan fingerprint density at radius 3 is 2.47 bits per heavy atom. The van der Waals surface area contributed by atoms with E-state index in [4.69, 9.17) is 9.26 Å². The summed E-state index contributed by atoms with van der Waals surface area (Å²) in [7, 11) is 0. The van der Waals surface area contributed by atoms with Gasteiger partial charge in [-0.3, -0.25) is 4.79 Å². The summed E-state index contributed by atoms with van der Waals surface area (Å²) in [5, 5.41) is 6.67. The molecule has 1 heterocycles. The number of halogens is 1. The van der Waals surface area contributed by atoms with Gasteiger partial charge < -0.3 is 14.6 Å². The fraction of sp³-hybridized carbons (Fsp3) is 0.348. The van der Waals surface area contributed by atoms with Crippen molar-refractivity contribution < 1.29 is 18.4 Å². The van der Waals surface area contributed by atoms with Gasteiger partial charge in [-0.25, -0.2) is 4.39 Å². The highest BCUT2D eigenvalue weighted by Crippen LogP contribution is 2.24. The van der Waals surface area contributed by atoms with E-state index in [1.165, 1.54) is 17.7 Å². The molecule has 7 heteroatoms. The molecule has 0 saturated heterocycles. The molecule has 158 valence electrons. The average Bonchev–Trinajstić information content (AvgIpc) is 3.19. The molecular formula is C23H26FN3O3. The lowest BCUT2D eigenvalue weighted by atomic mass is 9.87. The van der Waals surface area contributed by atoms with Gasteiger partial charge in [-0.15, -0.1) is 0 Å². The van der Waals surface area contributed by atoms with Crippen LogP contribution in [0.1, 0.15) is 38.6 Å². The van der Waals surface area contributed by atoms with Crippen molar-refractivity contribution in [3.63, 3.8) is 0 Å². The highest BCUT2D eigenvalue weighted by molar-refractivity contribution is 5.76. The first-order chi connectivity index (χ1) is 14.3. The number of benzene rings is 2. The van der Waals surface area contributed by atoms with Crippen molar-refractivity contribution in [1.82, 2.24) is 15.5 Å². The van der Waals surface area contributed by atoms with Gasteiger partial charge in [0.25, 0.3) is 0 Å². The maximum atomic E-state index is 13.0. The van der Waals surface area contributed by atoms with Crippen molar-refractivity contribution in [2.75, 3.05) is 13.2 Å². The number of hydrogen-bond acceptors (Lipinski definition) is 5.